The number of thioether (sulfide) groups is 1. The quantitative estimate of drug-likeness (QED) is 0.850. The largest absolute Gasteiger partial charge is 0.446 e. The molecule has 1 N–H and O–H groups in total. The summed E-state index contributed by atoms with van der Waals surface area (Å²) in [5.41, 5.74) is 0.504. The second-order valence-electron chi connectivity index (χ2n) is 5.37. The lowest BCUT2D eigenvalue weighted by Crippen LogP contribution is -2.49. The number of hydrogen-bond donors (Lipinski definition) is 1. The number of allylic oxidation sites excluding steroid dienone is 1. The third kappa shape index (κ3) is 3.16. The first-order valence-electron chi connectivity index (χ1n) is 7.35. The number of hydrogen-bond acceptors (Lipinski definition) is 5. The zero-order chi connectivity index (χ0) is 15.5. The number of ether oxygens (including phenoxy) is 1. The van der Waals surface area contributed by atoms with Crippen molar-refractivity contribution in [1.29, 1.82) is 0 Å². The second-order valence-corrected chi connectivity index (χ2v) is 6.38. The number of alkyl carbamates (subject to hydrolysis) is 1. The Bertz CT molecular complexity index is 554. The Balaban J connectivity index is 1.46. The van der Waals surface area contributed by atoms with Gasteiger partial charge in [-0.2, -0.15) is 4.99 Å². The zero-order valence-corrected chi connectivity index (χ0v) is 12.8. The highest BCUT2D eigenvalue weighted by molar-refractivity contribution is 8.04. The molecule has 1 fully saturated rings. The lowest BCUT2D eigenvalue weighted by atomic mass is 10.2. The van der Waals surface area contributed by atoms with Crippen molar-refractivity contribution in [3.63, 3.8) is 0 Å². The van der Waals surface area contributed by atoms with Gasteiger partial charge in [-0.3, -0.25) is 9.69 Å². The lowest BCUT2D eigenvalue weighted by Gasteiger charge is -2.26. The summed E-state index contributed by atoms with van der Waals surface area (Å²) in [6.45, 7) is 0.268. The fourth-order valence-electron chi connectivity index (χ4n) is 2.71. The maximum absolute atomic E-state index is 12.2. The minimum absolute atomic E-state index is 0.00799. The Labute approximate surface area is 132 Å². The normalized spacial score (nSPS) is 24.5. The van der Waals surface area contributed by atoms with Crippen LogP contribution in [-0.4, -0.2) is 53.1 Å². The number of fused-ring (bicyclic) bond motifs is 1. The summed E-state index contributed by atoms with van der Waals surface area (Å²) in [6.07, 6.45) is 5.15. The van der Waals surface area contributed by atoms with Gasteiger partial charge in [-0.1, -0.05) is 0 Å². The number of rotatable bonds is 4. The molecule has 0 aromatic rings. The molecule has 0 radical (unpaired) electrons. The highest BCUT2D eigenvalue weighted by Crippen LogP contribution is 2.27. The van der Waals surface area contributed by atoms with Crippen molar-refractivity contribution in [2.24, 2.45) is 4.99 Å². The highest BCUT2D eigenvalue weighted by atomic mass is 32.2. The van der Waals surface area contributed by atoms with E-state index in [0.717, 1.165) is 30.6 Å². The van der Waals surface area contributed by atoms with E-state index >= 15 is 0 Å². The number of amides is 4. The maximum Gasteiger partial charge on any atom is 0.407 e. The molecule has 3 rings (SSSR count). The molecule has 1 unspecified atom stereocenters. The lowest BCUT2D eigenvalue weighted by molar-refractivity contribution is -0.126. The fourth-order valence-corrected chi connectivity index (χ4v) is 3.60. The van der Waals surface area contributed by atoms with Crippen molar-refractivity contribution in [2.75, 3.05) is 13.1 Å². The van der Waals surface area contributed by atoms with E-state index in [0.29, 0.717) is 5.71 Å². The summed E-state index contributed by atoms with van der Waals surface area (Å²) in [5, 5.41) is 3.91. The SMILES string of the molecule is O=C(NCCN1C(=O)N=C2C=CSC2C1=O)OC1CCCC1. The van der Waals surface area contributed by atoms with Gasteiger partial charge in [0.25, 0.3) is 0 Å². The van der Waals surface area contributed by atoms with Crippen LogP contribution < -0.4 is 5.32 Å². The number of aliphatic imine (C=N–C) groups is 1. The van der Waals surface area contributed by atoms with Crippen LogP contribution in [0.15, 0.2) is 16.5 Å². The van der Waals surface area contributed by atoms with Crippen molar-refractivity contribution in [3.05, 3.63) is 11.5 Å². The van der Waals surface area contributed by atoms with Crippen LogP contribution in [0.2, 0.25) is 0 Å². The summed E-state index contributed by atoms with van der Waals surface area (Å²) < 4.78 is 5.24. The van der Waals surface area contributed by atoms with Crippen LogP contribution in [0.1, 0.15) is 25.7 Å². The molecule has 4 amide bonds. The van der Waals surface area contributed by atoms with E-state index in [9.17, 15) is 14.4 Å². The van der Waals surface area contributed by atoms with Gasteiger partial charge in [0.1, 0.15) is 11.4 Å². The molecule has 8 heteroatoms. The van der Waals surface area contributed by atoms with Crippen LogP contribution in [0.3, 0.4) is 0 Å². The van der Waals surface area contributed by atoms with E-state index in [1.54, 1.807) is 11.5 Å². The minimum atomic E-state index is -0.575. The number of carbonyl (C=O) groups is 3. The zero-order valence-electron chi connectivity index (χ0n) is 12.0. The first-order valence-corrected chi connectivity index (χ1v) is 8.30. The topological polar surface area (TPSA) is 88.1 Å². The highest BCUT2D eigenvalue weighted by Gasteiger charge is 2.38. The van der Waals surface area contributed by atoms with Crippen LogP contribution in [0.25, 0.3) is 0 Å². The van der Waals surface area contributed by atoms with Gasteiger partial charge in [-0.05, 0) is 37.2 Å². The van der Waals surface area contributed by atoms with Crippen LogP contribution >= 0.6 is 11.8 Å². The maximum atomic E-state index is 12.2. The van der Waals surface area contributed by atoms with Gasteiger partial charge in [-0.25, -0.2) is 9.59 Å². The van der Waals surface area contributed by atoms with Crippen LogP contribution in [0, 0.1) is 0 Å². The summed E-state index contributed by atoms with van der Waals surface area (Å²) in [4.78, 5) is 40.6. The van der Waals surface area contributed by atoms with Crippen LogP contribution in [0.5, 0.6) is 0 Å². The molecule has 0 bridgehead atoms. The monoisotopic (exact) mass is 323 g/mol. The first-order chi connectivity index (χ1) is 10.6. The Kier molecular flexibility index (Phi) is 4.47. The number of nitrogens with zero attached hydrogens (tertiary/aromatic N) is 2. The molecule has 0 saturated heterocycles. The van der Waals surface area contributed by atoms with E-state index in [-0.39, 0.29) is 25.1 Å². The molecule has 1 saturated carbocycles. The van der Waals surface area contributed by atoms with Crippen molar-refractivity contribution in [3.8, 4) is 0 Å². The molecule has 0 aromatic heterocycles. The summed E-state index contributed by atoms with van der Waals surface area (Å²) in [6, 6.07) is -0.575. The van der Waals surface area contributed by atoms with Crippen molar-refractivity contribution in [2.45, 2.75) is 37.0 Å². The van der Waals surface area contributed by atoms with E-state index in [1.807, 2.05) is 0 Å². The van der Waals surface area contributed by atoms with Crippen molar-refractivity contribution < 1.29 is 19.1 Å². The molecular formula is C14H17N3O4S. The van der Waals surface area contributed by atoms with Gasteiger partial charge in [0.2, 0.25) is 5.91 Å². The van der Waals surface area contributed by atoms with Gasteiger partial charge in [0.05, 0.1) is 5.71 Å². The third-order valence-electron chi connectivity index (χ3n) is 3.85. The molecule has 1 aliphatic carbocycles. The minimum Gasteiger partial charge on any atom is -0.446 e. The molecular weight excluding hydrogens is 306 g/mol. The average Bonchev–Trinajstić information content (AvgIpc) is 3.13. The molecule has 2 heterocycles. The molecule has 0 aromatic carbocycles. The molecule has 2 aliphatic heterocycles. The van der Waals surface area contributed by atoms with Crippen molar-refractivity contribution in [1.82, 2.24) is 10.2 Å². The van der Waals surface area contributed by atoms with Gasteiger partial charge in [0.15, 0.2) is 0 Å². The number of urea groups is 1. The van der Waals surface area contributed by atoms with Crippen molar-refractivity contribution >= 4 is 35.5 Å². The number of carbonyl (C=O) groups excluding carboxylic acids is 3. The molecule has 118 valence electrons. The standard InChI is InChI=1S/C14H17N3O4S/c18-12-11-10(5-8-22-11)16-13(19)17(12)7-6-15-14(20)21-9-3-1-2-4-9/h5,8-9,11H,1-4,6-7H2,(H,15,20). The van der Waals surface area contributed by atoms with Crippen LogP contribution in [-0.2, 0) is 9.53 Å². The van der Waals surface area contributed by atoms with Crippen LogP contribution in [0.4, 0.5) is 9.59 Å². The van der Waals surface area contributed by atoms with E-state index in [4.69, 9.17) is 4.74 Å². The Morgan fingerprint density at radius 3 is 2.95 bits per heavy atom. The molecule has 1 atom stereocenters. The third-order valence-corrected chi connectivity index (χ3v) is 4.86. The predicted octanol–water partition coefficient (Wildman–Crippen LogP) is 1.69. The van der Waals surface area contributed by atoms with Gasteiger partial charge >= 0.3 is 12.1 Å². The smallest absolute Gasteiger partial charge is 0.407 e. The summed E-state index contributed by atoms with van der Waals surface area (Å²) >= 11 is 1.33. The number of imide groups is 1. The fraction of sp³-hybridized carbons (Fsp3) is 0.571. The number of nitrogens with one attached hydrogen (secondary N) is 1. The van der Waals surface area contributed by atoms with E-state index < -0.39 is 17.4 Å². The Morgan fingerprint density at radius 1 is 1.41 bits per heavy atom. The second kappa shape index (κ2) is 6.51. The predicted molar refractivity (Wildman–Crippen MR) is 81.8 cm³/mol. The summed E-state index contributed by atoms with van der Waals surface area (Å²) in [5.74, 6) is -0.282. The molecule has 7 nitrogen and oxygen atoms in total. The van der Waals surface area contributed by atoms with E-state index in [1.165, 1.54) is 11.8 Å². The summed E-state index contributed by atoms with van der Waals surface area (Å²) in [7, 11) is 0. The Hall–Kier alpha value is -1.83. The molecule has 22 heavy (non-hydrogen) atoms. The van der Waals surface area contributed by atoms with Gasteiger partial charge in [0, 0.05) is 13.1 Å². The first kappa shape index (κ1) is 15.1. The average molecular weight is 323 g/mol. The van der Waals surface area contributed by atoms with E-state index in [2.05, 4.69) is 10.3 Å². The Morgan fingerprint density at radius 2 is 2.18 bits per heavy atom. The molecule has 3 aliphatic rings. The van der Waals surface area contributed by atoms with Gasteiger partial charge in [-0.15, -0.1) is 11.8 Å². The molecule has 0 spiro atoms. The van der Waals surface area contributed by atoms with Gasteiger partial charge < -0.3 is 10.1 Å².